The van der Waals surface area contributed by atoms with E-state index in [2.05, 4.69) is 152 Å². The Morgan fingerprint density at radius 1 is 0.407 bits per heavy atom. The van der Waals surface area contributed by atoms with Crippen LogP contribution in [0.15, 0.2) is 170 Å². The van der Waals surface area contributed by atoms with Crippen molar-refractivity contribution in [1.29, 1.82) is 0 Å². The lowest BCUT2D eigenvalue weighted by molar-refractivity contribution is 0.661. The van der Waals surface area contributed by atoms with E-state index in [1.165, 1.54) is 60.3 Å². The third-order valence-electron chi connectivity index (χ3n) is 11.4. The molecule has 254 valence electrons. The molecule has 0 bridgehead atoms. The Kier molecular flexibility index (Phi) is 6.56. The first-order valence-corrected chi connectivity index (χ1v) is 18.5. The molecule has 1 aliphatic carbocycles. The lowest BCUT2D eigenvalue weighted by Gasteiger charge is -2.22. The largest absolute Gasteiger partial charge is 0.278 e. The molecule has 0 unspecified atom stereocenters. The molecule has 11 rings (SSSR count). The SMILES string of the molecule is CC1(C)c2cc(-c3ccc4c(c3)c3c5ccccc5ccc3n4-c3nc(-c4ccccc4)nc(-c4ccccc4)n3)ccc2-c2cc3ccccc3cc21. The van der Waals surface area contributed by atoms with E-state index in [0.717, 1.165) is 27.5 Å². The Morgan fingerprint density at radius 2 is 0.981 bits per heavy atom. The Hall–Kier alpha value is -6.91. The van der Waals surface area contributed by atoms with Gasteiger partial charge in [-0.3, -0.25) is 4.57 Å². The number of nitrogens with zero attached hydrogens (tertiary/aromatic N) is 4. The van der Waals surface area contributed by atoms with Gasteiger partial charge in [0.25, 0.3) is 0 Å². The van der Waals surface area contributed by atoms with Crippen molar-refractivity contribution in [3.8, 4) is 51.0 Å². The van der Waals surface area contributed by atoms with Gasteiger partial charge in [0.1, 0.15) is 0 Å². The first kappa shape index (κ1) is 30.7. The van der Waals surface area contributed by atoms with E-state index in [9.17, 15) is 0 Å². The molecule has 0 aliphatic heterocycles. The summed E-state index contributed by atoms with van der Waals surface area (Å²) in [6, 6.07) is 60.8. The van der Waals surface area contributed by atoms with Gasteiger partial charge < -0.3 is 0 Å². The molecule has 2 heterocycles. The number of fused-ring (bicyclic) bond motifs is 9. The molecule has 0 spiro atoms. The van der Waals surface area contributed by atoms with Gasteiger partial charge in [0.05, 0.1) is 11.0 Å². The van der Waals surface area contributed by atoms with Gasteiger partial charge >= 0.3 is 0 Å². The number of rotatable bonds is 4. The summed E-state index contributed by atoms with van der Waals surface area (Å²) in [7, 11) is 0. The summed E-state index contributed by atoms with van der Waals surface area (Å²) in [4.78, 5) is 15.3. The van der Waals surface area contributed by atoms with Gasteiger partial charge in [0.2, 0.25) is 5.95 Å². The van der Waals surface area contributed by atoms with Crippen molar-refractivity contribution in [2.24, 2.45) is 0 Å². The first-order valence-electron chi connectivity index (χ1n) is 18.5. The van der Waals surface area contributed by atoms with Gasteiger partial charge in [-0.2, -0.15) is 9.97 Å². The summed E-state index contributed by atoms with van der Waals surface area (Å²) in [5.41, 5.74) is 11.7. The molecule has 0 atom stereocenters. The van der Waals surface area contributed by atoms with Gasteiger partial charge in [-0.05, 0) is 91.3 Å². The Balaban J connectivity index is 1.14. The maximum absolute atomic E-state index is 5.17. The van der Waals surface area contributed by atoms with E-state index >= 15 is 0 Å². The molecule has 8 aromatic carbocycles. The van der Waals surface area contributed by atoms with E-state index in [1.54, 1.807) is 0 Å². The average Bonchev–Trinajstić information content (AvgIpc) is 3.68. The van der Waals surface area contributed by atoms with Gasteiger partial charge in [-0.15, -0.1) is 0 Å². The highest BCUT2D eigenvalue weighted by Gasteiger charge is 2.36. The summed E-state index contributed by atoms with van der Waals surface area (Å²) < 4.78 is 2.22. The zero-order valence-corrected chi connectivity index (χ0v) is 30.0. The molecule has 1 aliphatic rings. The van der Waals surface area contributed by atoms with Crippen molar-refractivity contribution in [2.75, 3.05) is 0 Å². The summed E-state index contributed by atoms with van der Waals surface area (Å²) in [6.07, 6.45) is 0. The molecular formula is C50H34N4. The van der Waals surface area contributed by atoms with Crippen LogP contribution in [-0.2, 0) is 5.41 Å². The summed E-state index contributed by atoms with van der Waals surface area (Å²) in [5.74, 6) is 1.87. The molecule has 0 N–H and O–H groups in total. The van der Waals surface area contributed by atoms with Crippen molar-refractivity contribution >= 4 is 43.4 Å². The van der Waals surface area contributed by atoms with Gasteiger partial charge in [0, 0.05) is 27.3 Å². The second-order valence-electron chi connectivity index (χ2n) is 14.9. The fourth-order valence-corrected chi connectivity index (χ4v) is 8.68. The Labute approximate surface area is 313 Å². The predicted molar refractivity (Wildman–Crippen MR) is 223 cm³/mol. The highest BCUT2D eigenvalue weighted by molar-refractivity contribution is 6.21. The van der Waals surface area contributed by atoms with E-state index < -0.39 is 0 Å². The zero-order valence-electron chi connectivity index (χ0n) is 30.0. The summed E-state index contributed by atoms with van der Waals surface area (Å²) in [6.45, 7) is 4.72. The van der Waals surface area contributed by atoms with Crippen LogP contribution in [0, 0.1) is 0 Å². The molecule has 4 nitrogen and oxygen atoms in total. The van der Waals surface area contributed by atoms with E-state index in [0.29, 0.717) is 17.6 Å². The van der Waals surface area contributed by atoms with Gasteiger partial charge in [-0.25, -0.2) is 4.98 Å². The molecule has 0 amide bonds. The minimum Gasteiger partial charge on any atom is -0.278 e. The molecule has 0 saturated heterocycles. The van der Waals surface area contributed by atoms with Crippen LogP contribution in [0.25, 0.3) is 94.3 Å². The third-order valence-corrected chi connectivity index (χ3v) is 11.4. The topological polar surface area (TPSA) is 43.6 Å². The molecule has 0 radical (unpaired) electrons. The van der Waals surface area contributed by atoms with Crippen LogP contribution in [-0.4, -0.2) is 19.5 Å². The van der Waals surface area contributed by atoms with Crippen LogP contribution in [0.4, 0.5) is 0 Å². The molecule has 0 fully saturated rings. The van der Waals surface area contributed by atoms with Crippen molar-refractivity contribution in [2.45, 2.75) is 19.3 Å². The lowest BCUT2D eigenvalue weighted by atomic mass is 9.81. The van der Waals surface area contributed by atoms with E-state index in [-0.39, 0.29) is 5.41 Å². The fraction of sp³-hybridized carbons (Fsp3) is 0.0600. The highest BCUT2D eigenvalue weighted by atomic mass is 15.2. The highest BCUT2D eigenvalue weighted by Crippen LogP contribution is 2.51. The fourth-order valence-electron chi connectivity index (χ4n) is 8.68. The second kappa shape index (κ2) is 11.5. The summed E-state index contributed by atoms with van der Waals surface area (Å²) in [5, 5.41) is 7.32. The van der Waals surface area contributed by atoms with Crippen molar-refractivity contribution < 1.29 is 0 Å². The van der Waals surface area contributed by atoms with Crippen LogP contribution in [0.2, 0.25) is 0 Å². The average molecular weight is 691 g/mol. The van der Waals surface area contributed by atoms with Gasteiger partial charge in [-0.1, -0.05) is 147 Å². The number of hydrogen-bond donors (Lipinski definition) is 0. The molecular weight excluding hydrogens is 657 g/mol. The minimum absolute atomic E-state index is 0.118. The maximum Gasteiger partial charge on any atom is 0.238 e. The van der Waals surface area contributed by atoms with Crippen LogP contribution < -0.4 is 0 Å². The van der Waals surface area contributed by atoms with Crippen molar-refractivity contribution in [3.63, 3.8) is 0 Å². The van der Waals surface area contributed by atoms with Crippen LogP contribution in [0.5, 0.6) is 0 Å². The zero-order chi connectivity index (χ0) is 36.0. The minimum atomic E-state index is -0.118. The molecule has 54 heavy (non-hydrogen) atoms. The monoisotopic (exact) mass is 690 g/mol. The van der Waals surface area contributed by atoms with Crippen LogP contribution in [0.1, 0.15) is 25.0 Å². The van der Waals surface area contributed by atoms with E-state index in [4.69, 9.17) is 15.0 Å². The quantitative estimate of drug-likeness (QED) is 0.185. The predicted octanol–water partition coefficient (Wildman–Crippen LogP) is 12.6. The second-order valence-corrected chi connectivity index (χ2v) is 14.9. The standard InChI is InChI=1S/C50H34N4/c1-50(2)42-30-37(21-24-39(42)40-27-34-18-9-10-19-35(34)29-43(40)50)36-23-25-44-41(28-36)46-38-20-12-11-13-31(38)22-26-45(46)54(44)49-52-47(32-14-5-3-6-15-32)51-48(53-49)33-16-7-4-8-17-33/h3-30H,1-2H3. The number of benzene rings is 8. The molecule has 4 heteroatoms. The van der Waals surface area contributed by atoms with Crippen molar-refractivity contribution in [3.05, 3.63) is 181 Å². The Morgan fingerprint density at radius 3 is 1.70 bits per heavy atom. The number of aromatic nitrogens is 4. The normalized spacial score (nSPS) is 13.1. The van der Waals surface area contributed by atoms with Crippen molar-refractivity contribution in [1.82, 2.24) is 19.5 Å². The number of hydrogen-bond acceptors (Lipinski definition) is 3. The summed E-state index contributed by atoms with van der Waals surface area (Å²) >= 11 is 0. The van der Waals surface area contributed by atoms with Gasteiger partial charge in [0.15, 0.2) is 11.6 Å². The molecule has 10 aromatic rings. The smallest absolute Gasteiger partial charge is 0.238 e. The van der Waals surface area contributed by atoms with E-state index in [1.807, 2.05) is 36.4 Å². The lowest BCUT2D eigenvalue weighted by Crippen LogP contribution is -2.15. The molecule has 2 aromatic heterocycles. The molecule has 0 saturated carbocycles. The maximum atomic E-state index is 5.17. The first-order chi connectivity index (χ1) is 26.5. The van der Waals surface area contributed by atoms with Crippen LogP contribution in [0.3, 0.4) is 0 Å². The third kappa shape index (κ3) is 4.60. The Bertz CT molecular complexity index is 3060. The van der Waals surface area contributed by atoms with Crippen LogP contribution >= 0.6 is 0 Å².